The molecule has 1 saturated heterocycles. The average molecular weight is 249 g/mol. The minimum atomic E-state index is -3.27. The summed E-state index contributed by atoms with van der Waals surface area (Å²) in [7, 11) is -3.27. The Labute approximate surface area is 96.5 Å². The summed E-state index contributed by atoms with van der Waals surface area (Å²) in [6.07, 6.45) is 1.87. The third-order valence-electron chi connectivity index (χ3n) is 3.13. The lowest BCUT2D eigenvalue weighted by molar-refractivity contribution is -0.142. The van der Waals surface area contributed by atoms with E-state index < -0.39 is 28.0 Å². The number of unbranched alkanes of at least 4 members (excludes halogenated alkanes) is 1. The highest BCUT2D eigenvalue weighted by molar-refractivity contribution is 7.89. The van der Waals surface area contributed by atoms with Crippen LogP contribution in [-0.4, -0.2) is 42.1 Å². The maximum atomic E-state index is 11.9. The first-order valence-corrected chi connectivity index (χ1v) is 7.23. The van der Waals surface area contributed by atoms with Crippen LogP contribution in [0.5, 0.6) is 0 Å². The SMILES string of the molecule is CCCCS(=O)(=O)N1CCC(C(=O)O)C1C. The molecule has 94 valence electrons. The van der Waals surface area contributed by atoms with E-state index in [1.165, 1.54) is 4.31 Å². The van der Waals surface area contributed by atoms with Crippen LogP contribution in [0.25, 0.3) is 0 Å². The highest BCUT2D eigenvalue weighted by Gasteiger charge is 2.41. The van der Waals surface area contributed by atoms with Gasteiger partial charge in [-0.15, -0.1) is 0 Å². The van der Waals surface area contributed by atoms with Crippen LogP contribution >= 0.6 is 0 Å². The Morgan fingerprint density at radius 2 is 2.12 bits per heavy atom. The standard InChI is InChI=1S/C10H19NO4S/c1-3-4-7-16(14,15)11-6-5-9(8(11)2)10(12)13/h8-9H,3-7H2,1-2H3,(H,12,13). The van der Waals surface area contributed by atoms with Crippen molar-refractivity contribution in [2.24, 2.45) is 5.92 Å². The van der Waals surface area contributed by atoms with E-state index in [9.17, 15) is 13.2 Å². The number of rotatable bonds is 5. The van der Waals surface area contributed by atoms with Crippen molar-refractivity contribution in [3.05, 3.63) is 0 Å². The Morgan fingerprint density at radius 1 is 1.50 bits per heavy atom. The molecule has 0 saturated carbocycles. The third kappa shape index (κ3) is 2.74. The number of carboxylic acid groups (broad SMARTS) is 1. The van der Waals surface area contributed by atoms with Crippen molar-refractivity contribution in [3.63, 3.8) is 0 Å². The minimum Gasteiger partial charge on any atom is -0.481 e. The topological polar surface area (TPSA) is 74.7 Å². The van der Waals surface area contributed by atoms with Crippen molar-refractivity contribution >= 4 is 16.0 Å². The van der Waals surface area contributed by atoms with Crippen LogP contribution in [0, 0.1) is 5.92 Å². The van der Waals surface area contributed by atoms with Crippen LogP contribution in [0.1, 0.15) is 33.1 Å². The summed E-state index contributed by atoms with van der Waals surface area (Å²) in [6, 6.07) is -0.417. The van der Waals surface area contributed by atoms with Crippen LogP contribution in [0.4, 0.5) is 0 Å². The molecule has 0 radical (unpaired) electrons. The van der Waals surface area contributed by atoms with E-state index >= 15 is 0 Å². The fourth-order valence-corrected chi connectivity index (χ4v) is 4.00. The Kier molecular flexibility index (Phi) is 4.32. The van der Waals surface area contributed by atoms with Crippen molar-refractivity contribution in [3.8, 4) is 0 Å². The second-order valence-electron chi connectivity index (χ2n) is 4.25. The van der Waals surface area contributed by atoms with Gasteiger partial charge in [0.1, 0.15) is 0 Å². The quantitative estimate of drug-likeness (QED) is 0.786. The van der Waals surface area contributed by atoms with Gasteiger partial charge in [0.15, 0.2) is 0 Å². The van der Waals surface area contributed by atoms with E-state index in [1.54, 1.807) is 6.92 Å². The summed E-state index contributed by atoms with van der Waals surface area (Å²) < 4.78 is 25.2. The number of nitrogens with zero attached hydrogens (tertiary/aromatic N) is 1. The van der Waals surface area contributed by atoms with Crippen molar-refractivity contribution < 1.29 is 18.3 Å². The first-order valence-electron chi connectivity index (χ1n) is 5.62. The predicted octanol–water partition coefficient (Wildman–Crippen LogP) is 0.911. The summed E-state index contributed by atoms with van der Waals surface area (Å²) in [6.45, 7) is 3.95. The maximum absolute atomic E-state index is 11.9. The first kappa shape index (κ1) is 13.4. The number of aliphatic carboxylic acids is 1. The molecule has 2 atom stereocenters. The number of sulfonamides is 1. The number of carboxylic acids is 1. The zero-order valence-electron chi connectivity index (χ0n) is 9.72. The fourth-order valence-electron chi connectivity index (χ4n) is 2.08. The van der Waals surface area contributed by atoms with Crippen LogP contribution in [0.15, 0.2) is 0 Å². The molecule has 2 unspecified atom stereocenters. The summed E-state index contributed by atoms with van der Waals surface area (Å²) >= 11 is 0. The van der Waals surface area contributed by atoms with Gasteiger partial charge in [0, 0.05) is 12.6 Å². The van der Waals surface area contributed by atoms with E-state index in [-0.39, 0.29) is 5.75 Å². The second kappa shape index (κ2) is 5.14. The number of hydrogen-bond donors (Lipinski definition) is 1. The van der Waals surface area contributed by atoms with Gasteiger partial charge in [-0.1, -0.05) is 13.3 Å². The first-order chi connectivity index (χ1) is 7.40. The highest BCUT2D eigenvalue weighted by Crippen LogP contribution is 2.27. The van der Waals surface area contributed by atoms with Gasteiger partial charge < -0.3 is 5.11 Å². The van der Waals surface area contributed by atoms with E-state index in [2.05, 4.69) is 0 Å². The normalized spacial score (nSPS) is 27.1. The molecule has 1 fully saturated rings. The van der Waals surface area contributed by atoms with Gasteiger partial charge in [0.25, 0.3) is 0 Å². The lowest BCUT2D eigenvalue weighted by atomic mass is 10.0. The van der Waals surface area contributed by atoms with Crippen LogP contribution < -0.4 is 0 Å². The molecular weight excluding hydrogens is 230 g/mol. The van der Waals surface area contributed by atoms with Crippen molar-refractivity contribution in [2.75, 3.05) is 12.3 Å². The van der Waals surface area contributed by atoms with E-state index in [0.717, 1.165) is 6.42 Å². The molecule has 1 N–H and O–H groups in total. The van der Waals surface area contributed by atoms with E-state index in [0.29, 0.717) is 19.4 Å². The van der Waals surface area contributed by atoms with Gasteiger partial charge in [-0.25, -0.2) is 8.42 Å². The Morgan fingerprint density at radius 3 is 2.56 bits per heavy atom. The smallest absolute Gasteiger partial charge is 0.308 e. The van der Waals surface area contributed by atoms with Crippen LogP contribution in [0.3, 0.4) is 0 Å². The molecule has 1 aliphatic rings. The summed E-state index contributed by atoms with van der Waals surface area (Å²) in [5, 5.41) is 8.92. The van der Waals surface area contributed by atoms with Crippen molar-refractivity contribution in [1.82, 2.24) is 4.31 Å². The molecule has 0 spiro atoms. The molecule has 0 aromatic carbocycles. The van der Waals surface area contributed by atoms with Crippen molar-refractivity contribution in [1.29, 1.82) is 0 Å². The third-order valence-corrected chi connectivity index (χ3v) is 5.16. The summed E-state index contributed by atoms with van der Waals surface area (Å²) in [5.74, 6) is -1.34. The van der Waals surface area contributed by atoms with Crippen LogP contribution in [-0.2, 0) is 14.8 Å². The predicted molar refractivity (Wildman–Crippen MR) is 60.6 cm³/mol. The summed E-state index contributed by atoms with van der Waals surface area (Å²) in [4.78, 5) is 10.9. The largest absolute Gasteiger partial charge is 0.481 e. The molecule has 6 heteroatoms. The van der Waals surface area contributed by atoms with Crippen LogP contribution in [0.2, 0.25) is 0 Å². The Hall–Kier alpha value is -0.620. The van der Waals surface area contributed by atoms with Crippen molar-refractivity contribution in [2.45, 2.75) is 39.2 Å². The van der Waals surface area contributed by atoms with Gasteiger partial charge >= 0.3 is 5.97 Å². The van der Waals surface area contributed by atoms with E-state index in [1.807, 2.05) is 6.92 Å². The molecule has 0 amide bonds. The Bertz CT molecular complexity index is 352. The second-order valence-corrected chi connectivity index (χ2v) is 6.30. The van der Waals surface area contributed by atoms with Gasteiger partial charge in [0.05, 0.1) is 11.7 Å². The lowest BCUT2D eigenvalue weighted by Crippen LogP contribution is -2.38. The molecule has 1 aliphatic heterocycles. The highest BCUT2D eigenvalue weighted by atomic mass is 32.2. The molecule has 0 aromatic heterocycles. The lowest BCUT2D eigenvalue weighted by Gasteiger charge is -2.22. The molecule has 16 heavy (non-hydrogen) atoms. The number of carbonyl (C=O) groups is 1. The van der Waals surface area contributed by atoms with Gasteiger partial charge in [-0.3, -0.25) is 4.79 Å². The molecule has 0 aromatic rings. The molecule has 1 heterocycles. The molecule has 1 rings (SSSR count). The van der Waals surface area contributed by atoms with Gasteiger partial charge in [0.2, 0.25) is 10.0 Å². The monoisotopic (exact) mass is 249 g/mol. The van der Waals surface area contributed by atoms with E-state index in [4.69, 9.17) is 5.11 Å². The molecule has 5 nitrogen and oxygen atoms in total. The molecular formula is C10H19NO4S. The average Bonchev–Trinajstić information content (AvgIpc) is 2.58. The van der Waals surface area contributed by atoms with Gasteiger partial charge in [-0.05, 0) is 19.8 Å². The van der Waals surface area contributed by atoms with Gasteiger partial charge in [-0.2, -0.15) is 4.31 Å². The minimum absolute atomic E-state index is 0.125. The summed E-state index contributed by atoms with van der Waals surface area (Å²) in [5.41, 5.74) is 0. The fraction of sp³-hybridized carbons (Fsp3) is 0.900. The maximum Gasteiger partial charge on any atom is 0.308 e. The Balaban J connectivity index is 2.73. The number of hydrogen-bond acceptors (Lipinski definition) is 3. The molecule has 0 bridgehead atoms. The zero-order chi connectivity index (χ0) is 12.3. The zero-order valence-corrected chi connectivity index (χ0v) is 10.5. The molecule has 0 aliphatic carbocycles.